The summed E-state index contributed by atoms with van der Waals surface area (Å²) in [6.45, 7) is 5.16. The Morgan fingerprint density at radius 2 is 2.19 bits per heavy atom. The monoisotopic (exact) mass is 230 g/mol. The summed E-state index contributed by atoms with van der Waals surface area (Å²) < 4.78 is 5.07. The highest BCUT2D eigenvalue weighted by atomic mass is 16.6. The van der Waals surface area contributed by atoms with Gasteiger partial charge >= 0.3 is 6.09 Å². The van der Waals surface area contributed by atoms with E-state index in [0.717, 1.165) is 4.90 Å². The third-order valence-electron chi connectivity index (χ3n) is 2.26. The summed E-state index contributed by atoms with van der Waals surface area (Å²) in [5.74, 6) is -0.447. The molecule has 0 saturated carbocycles. The fraction of sp³-hybridized carbons (Fsp3) is 0.800. The third kappa shape index (κ3) is 2.70. The summed E-state index contributed by atoms with van der Waals surface area (Å²) in [6.07, 6.45) is -1.73. The summed E-state index contributed by atoms with van der Waals surface area (Å²) in [4.78, 5) is 24.1. The highest BCUT2D eigenvalue weighted by molar-refractivity contribution is 5.94. The van der Waals surface area contributed by atoms with E-state index in [1.807, 2.05) is 0 Å². The van der Waals surface area contributed by atoms with E-state index in [4.69, 9.17) is 10.5 Å². The lowest BCUT2D eigenvalue weighted by molar-refractivity contribution is -0.128. The van der Waals surface area contributed by atoms with Crippen LogP contribution in [0.1, 0.15) is 27.2 Å². The molecule has 0 spiro atoms. The van der Waals surface area contributed by atoms with E-state index in [9.17, 15) is 14.7 Å². The summed E-state index contributed by atoms with van der Waals surface area (Å²) in [6, 6.07) is -0.678. The largest absolute Gasteiger partial charge is 0.443 e. The van der Waals surface area contributed by atoms with Crippen LogP contribution in [0.5, 0.6) is 0 Å². The molecule has 1 aliphatic rings. The van der Waals surface area contributed by atoms with Crippen molar-refractivity contribution in [3.8, 4) is 0 Å². The Morgan fingerprint density at radius 3 is 2.62 bits per heavy atom. The fourth-order valence-electron chi connectivity index (χ4n) is 1.58. The summed E-state index contributed by atoms with van der Waals surface area (Å²) in [7, 11) is 0. The second-order valence-corrected chi connectivity index (χ2v) is 4.82. The van der Waals surface area contributed by atoms with E-state index in [1.54, 1.807) is 20.8 Å². The van der Waals surface area contributed by atoms with Crippen molar-refractivity contribution >= 4 is 12.0 Å². The number of likely N-dealkylation sites (tertiary alicyclic amines) is 1. The number of carbonyl (C=O) groups excluding carboxylic acids is 2. The summed E-state index contributed by atoms with van der Waals surface area (Å²) in [5, 5.41) is 9.53. The van der Waals surface area contributed by atoms with Crippen molar-refractivity contribution in [1.82, 2.24) is 4.90 Å². The molecular weight excluding hydrogens is 212 g/mol. The number of imide groups is 1. The van der Waals surface area contributed by atoms with Gasteiger partial charge in [0.1, 0.15) is 5.60 Å². The average molecular weight is 230 g/mol. The molecule has 0 radical (unpaired) electrons. The minimum absolute atomic E-state index is 0.0339. The van der Waals surface area contributed by atoms with Crippen molar-refractivity contribution in [3.05, 3.63) is 0 Å². The molecule has 6 nitrogen and oxygen atoms in total. The molecule has 1 saturated heterocycles. The Morgan fingerprint density at radius 1 is 1.62 bits per heavy atom. The number of hydrogen-bond donors (Lipinski definition) is 2. The molecule has 92 valence electrons. The Balaban J connectivity index is 2.78. The predicted octanol–water partition coefficient (Wildman–Crippen LogP) is -0.158. The van der Waals surface area contributed by atoms with Gasteiger partial charge in [-0.05, 0) is 20.8 Å². The van der Waals surface area contributed by atoms with E-state index in [0.29, 0.717) is 0 Å². The zero-order chi connectivity index (χ0) is 12.5. The van der Waals surface area contributed by atoms with Crippen LogP contribution in [0.4, 0.5) is 4.79 Å². The smallest absolute Gasteiger partial charge is 0.417 e. The number of nitrogens with zero attached hydrogens (tertiary/aromatic N) is 1. The van der Waals surface area contributed by atoms with Gasteiger partial charge in [-0.1, -0.05) is 0 Å². The number of amides is 2. The Hall–Kier alpha value is -1.14. The molecule has 0 aromatic heterocycles. The van der Waals surface area contributed by atoms with Gasteiger partial charge in [0.05, 0.1) is 18.6 Å². The Labute approximate surface area is 94.3 Å². The molecule has 3 N–H and O–H groups in total. The van der Waals surface area contributed by atoms with E-state index < -0.39 is 29.7 Å². The molecule has 6 heteroatoms. The van der Waals surface area contributed by atoms with Gasteiger partial charge in [0.25, 0.3) is 0 Å². The highest BCUT2D eigenvalue weighted by Crippen LogP contribution is 2.21. The van der Waals surface area contributed by atoms with Crippen molar-refractivity contribution in [3.63, 3.8) is 0 Å². The van der Waals surface area contributed by atoms with Crippen LogP contribution in [0.3, 0.4) is 0 Å². The number of ether oxygens (including phenoxy) is 1. The zero-order valence-corrected chi connectivity index (χ0v) is 9.77. The first-order valence-electron chi connectivity index (χ1n) is 5.19. The molecule has 0 aromatic rings. The molecule has 2 amide bonds. The van der Waals surface area contributed by atoms with Crippen LogP contribution < -0.4 is 5.73 Å². The lowest BCUT2D eigenvalue weighted by Gasteiger charge is -2.27. The molecule has 2 atom stereocenters. The Kier molecular flexibility index (Phi) is 3.54. The maximum atomic E-state index is 11.7. The van der Waals surface area contributed by atoms with Crippen LogP contribution in [0.2, 0.25) is 0 Å². The quantitative estimate of drug-likeness (QED) is 0.653. The van der Waals surface area contributed by atoms with Gasteiger partial charge in [-0.3, -0.25) is 4.79 Å². The van der Waals surface area contributed by atoms with Crippen molar-refractivity contribution in [2.75, 3.05) is 6.54 Å². The first-order chi connectivity index (χ1) is 7.26. The highest BCUT2D eigenvalue weighted by Gasteiger charge is 2.43. The number of hydrogen-bond acceptors (Lipinski definition) is 5. The van der Waals surface area contributed by atoms with Crippen molar-refractivity contribution in [2.24, 2.45) is 5.73 Å². The minimum Gasteiger partial charge on any atom is -0.443 e. The molecule has 0 bridgehead atoms. The molecular formula is C10H18N2O4. The van der Waals surface area contributed by atoms with E-state index in [-0.39, 0.29) is 13.0 Å². The number of carbonyl (C=O) groups is 2. The van der Waals surface area contributed by atoms with E-state index in [2.05, 4.69) is 0 Å². The van der Waals surface area contributed by atoms with Gasteiger partial charge in [-0.15, -0.1) is 0 Å². The van der Waals surface area contributed by atoms with Gasteiger partial charge in [-0.2, -0.15) is 0 Å². The molecule has 1 heterocycles. The van der Waals surface area contributed by atoms with Crippen LogP contribution in [-0.4, -0.2) is 46.3 Å². The molecule has 1 aliphatic heterocycles. The minimum atomic E-state index is -0.898. The maximum Gasteiger partial charge on any atom is 0.417 e. The molecule has 0 aliphatic carbocycles. The van der Waals surface area contributed by atoms with Crippen LogP contribution in [0, 0.1) is 0 Å². The predicted molar refractivity (Wildman–Crippen MR) is 56.5 cm³/mol. The first-order valence-corrected chi connectivity index (χ1v) is 5.19. The summed E-state index contributed by atoms with van der Waals surface area (Å²) >= 11 is 0. The average Bonchev–Trinajstić information content (AvgIpc) is 2.37. The van der Waals surface area contributed by atoms with Gasteiger partial charge in [0, 0.05) is 6.54 Å². The topological polar surface area (TPSA) is 92.9 Å². The van der Waals surface area contributed by atoms with E-state index >= 15 is 0 Å². The van der Waals surface area contributed by atoms with Crippen molar-refractivity contribution < 1.29 is 19.4 Å². The second-order valence-electron chi connectivity index (χ2n) is 4.82. The van der Waals surface area contributed by atoms with Crippen molar-refractivity contribution in [2.45, 2.75) is 44.9 Å². The molecule has 16 heavy (non-hydrogen) atoms. The normalized spacial score (nSPS) is 26.1. The lowest BCUT2D eigenvalue weighted by Crippen LogP contribution is -2.47. The van der Waals surface area contributed by atoms with Gasteiger partial charge in [0.15, 0.2) is 0 Å². The fourth-order valence-corrected chi connectivity index (χ4v) is 1.58. The Bertz CT molecular complexity index is 298. The van der Waals surface area contributed by atoms with Crippen LogP contribution >= 0.6 is 0 Å². The standard InChI is InChI=1S/C10H18N2O4/c1-10(2,3)16-9(15)12-6(5-11)7(13)4-8(12)14/h6-7,13H,4-5,11H2,1-3H3. The third-order valence-corrected chi connectivity index (χ3v) is 2.26. The molecule has 0 aromatic carbocycles. The molecule has 1 rings (SSSR count). The van der Waals surface area contributed by atoms with Crippen LogP contribution in [0.15, 0.2) is 0 Å². The summed E-state index contributed by atoms with van der Waals surface area (Å²) in [5.41, 5.74) is 4.74. The van der Waals surface area contributed by atoms with Crippen LogP contribution in [0.25, 0.3) is 0 Å². The lowest BCUT2D eigenvalue weighted by atomic mass is 10.2. The van der Waals surface area contributed by atoms with Gasteiger partial charge < -0.3 is 15.6 Å². The number of nitrogens with two attached hydrogens (primary N) is 1. The molecule has 2 unspecified atom stereocenters. The number of aliphatic hydroxyl groups excluding tert-OH is 1. The van der Waals surface area contributed by atoms with Crippen LogP contribution in [-0.2, 0) is 9.53 Å². The van der Waals surface area contributed by atoms with Gasteiger partial charge in [0.2, 0.25) is 5.91 Å². The second kappa shape index (κ2) is 4.39. The van der Waals surface area contributed by atoms with E-state index in [1.165, 1.54) is 0 Å². The number of aliphatic hydroxyl groups is 1. The maximum absolute atomic E-state index is 11.7. The first kappa shape index (κ1) is 12.9. The number of rotatable bonds is 1. The SMILES string of the molecule is CC(C)(C)OC(=O)N1C(=O)CC(O)C1CN. The zero-order valence-electron chi connectivity index (χ0n) is 9.77. The van der Waals surface area contributed by atoms with Gasteiger partial charge in [-0.25, -0.2) is 9.69 Å². The van der Waals surface area contributed by atoms with Crippen molar-refractivity contribution in [1.29, 1.82) is 0 Å². The molecule has 1 fully saturated rings.